The van der Waals surface area contributed by atoms with Gasteiger partial charge in [-0.15, -0.1) is 10.2 Å². The Kier molecular flexibility index (Phi) is 5.25. The molecule has 1 fully saturated rings. The SMILES string of the molecule is Cn1c(CO)nnc1C1CCCN(c2noc(-c3ccc(Cl)cc3)c2C(=O)O)C1. The molecule has 1 unspecified atom stereocenters. The number of benzene rings is 1. The molecule has 0 aliphatic carbocycles. The van der Waals surface area contributed by atoms with E-state index in [0.717, 1.165) is 18.7 Å². The first kappa shape index (κ1) is 19.4. The molecule has 0 spiro atoms. The van der Waals surface area contributed by atoms with Gasteiger partial charge in [0, 0.05) is 36.6 Å². The zero-order chi connectivity index (χ0) is 20.5. The number of rotatable bonds is 5. The second-order valence-electron chi connectivity index (χ2n) is 7.00. The van der Waals surface area contributed by atoms with Crippen molar-refractivity contribution in [2.45, 2.75) is 25.4 Å². The van der Waals surface area contributed by atoms with E-state index in [0.29, 0.717) is 35.3 Å². The van der Waals surface area contributed by atoms with E-state index in [1.54, 1.807) is 28.8 Å². The van der Waals surface area contributed by atoms with E-state index in [4.69, 9.17) is 16.1 Å². The summed E-state index contributed by atoms with van der Waals surface area (Å²) in [5.74, 6) is 0.699. The van der Waals surface area contributed by atoms with Gasteiger partial charge < -0.3 is 24.2 Å². The maximum Gasteiger partial charge on any atom is 0.343 e. The van der Waals surface area contributed by atoms with Crippen LogP contribution in [0.4, 0.5) is 5.82 Å². The number of piperidine rings is 1. The molecule has 1 aromatic carbocycles. The van der Waals surface area contributed by atoms with Crippen molar-refractivity contribution in [1.82, 2.24) is 19.9 Å². The van der Waals surface area contributed by atoms with Crippen molar-refractivity contribution in [1.29, 1.82) is 0 Å². The number of aliphatic hydroxyl groups excluding tert-OH is 1. The highest BCUT2D eigenvalue weighted by Gasteiger charge is 2.32. The lowest BCUT2D eigenvalue weighted by Gasteiger charge is -2.32. The number of nitrogens with zero attached hydrogens (tertiary/aromatic N) is 5. The average molecular weight is 418 g/mol. The lowest BCUT2D eigenvalue weighted by Crippen LogP contribution is -2.36. The number of aromatic nitrogens is 4. The van der Waals surface area contributed by atoms with Gasteiger partial charge in [0.05, 0.1) is 0 Å². The largest absolute Gasteiger partial charge is 0.477 e. The molecule has 10 heteroatoms. The molecule has 3 heterocycles. The first-order valence-corrected chi connectivity index (χ1v) is 9.60. The van der Waals surface area contributed by atoms with Crippen LogP contribution in [-0.2, 0) is 13.7 Å². The van der Waals surface area contributed by atoms with E-state index in [1.165, 1.54) is 0 Å². The maximum atomic E-state index is 12.0. The van der Waals surface area contributed by atoms with Gasteiger partial charge in [-0.05, 0) is 37.1 Å². The second kappa shape index (κ2) is 7.84. The summed E-state index contributed by atoms with van der Waals surface area (Å²) >= 11 is 5.93. The standard InChI is InChI=1S/C19H20ClN5O4/c1-24-14(10-26)21-22-17(24)12-3-2-8-25(9-12)18-15(19(27)28)16(29-23-18)11-4-6-13(20)7-5-11/h4-7,12,26H,2-3,8-10H2,1H3,(H,27,28). The molecular weight excluding hydrogens is 398 g/mol. The van der Waals surface area contributed by atoms with Crippen molar-refractivity contribution >= 4 is 23.4 Å². The van der Waals surface area contributed by atoms with E-state index >= 15 is 0 Å². The highest BCUT2D eigenvalue weighted by Crippen LogP contribution is 2.35. The number of halogens is 1. The van der Waals surface area contributed by atoms with Crippen molar-refractivity contribution in [3.8, 4) is 11.3 Å². The normalized spacial score (nSPS) is 16.9. The number of hydrogen-bond donors (Lipinski definition) is 2. The zero-order valence-corrected chi connectivity index (χ0v) is 16.5. The fraction of sp³-hybridized carbons (Fsp3) is 0.368. The fourth-order valence-corrected chi connectivity index (χ4v) is 3.86. The molecule has 4 rings (SSSR count). The summed E-state index contributed by atoms with van der Waals surface area (Å²) in [6.07, 6.45) is 1.73. The minimum Gasteiger partial charge on any atom is -0.477 e. The van der Waals surface area contributed by atoms with Crippen LogP contribution in [0.1, 0.15) is 40.8 Å². The molecule has 9 nitrogen and oxygen atoms in total. The number of carbonyl (C=O) groups is 1. The van der Waals surface area contributed by atoms with E-state index in [2.05, 4.69) is 15.4 Å². The van der Waals surface area contributed by atoms with Crippen LogP contribution >= 0.6 is 11.6 Å². The molecule has 1 atom stereocenters. The Morgan fingerprint density at radius 1 is 1.31 bits per heavy atom. The van der Waals surface area contributed by atoms with Crippen LogP contribution in [0.3, 0.4) is 0 Å². The Morgan fingerprint density at radius 2 is 2.07 bits per heavy atom. The van der Waals surface area contributed by atoms with Crippen LogP contribution in [-0.4, -0.2) is 49.2 Å². The summed E-state index contributed by atoms with van der Waals surface area (Å²) < 4.78 is 7.23. The minimum atomic E-state index is -1.10. The Hall–Kier alpha value is -2.91. The van der Waals surface area contributed by atoms with Gasteiger partial charge in [0.25, 0.3) is 0 Å². The van der Waals surface area contributed by atoms with Crippen molar-refractivity contribution in [3.63, 3.8) is 0 Å². The number of carboxylic acid groups (broad SMARTS) is 1. The Bertz CT molecular complexity index is 1030. The lowest BCUT2D eigenvalue weighted by atomic mass is 9.96. The van der Waals surface area contributed by atoms with Gasteiger partial charge in [-0.1, -0.05) is 16.8 Å². The molecule has 3 aromatic rings. The van der Waals surface area contributed by atoms with Gasteiger partial charge in [0.2, 0.25) is 0 Å². The molecule has 0 amide bonds. The molecule has 0 saturated carbocycles. The predicted molar refractivity (Wildman–Crippen MR) is 105 cm³/mol. The van der Waals surface area contributed by atoms with Gasteiger partial charge in [-0.2, -0.15) is 0 Å². The van der Waals surface area contributed by atoms with Crippen LogP contribution in [0.15, 0.2) is 28.8 Å². The molecule has 0 radical (unpaired) electrons. The zero-order valence-electron chi connectivity index (χ0n) is 15.7. The fourth-order valence-electron chi connectivity index (χ4n) is 3.74. The maximum absolute atomic E-state index is 12.0. The lowest BCUT2D eigenvalue weighted by molar-refractivity contribution is 0.0697. The van der Waals surface area contributed by atoms with Gasteiger partial charge in [0.1, 0.15) is 12.4 Å². The van der Waals surface area contributed by atoms with Crippen molar-refractivity contribution in [2.75, 3.05) is 18.0 Å². The monoisotopic (exact) mass is 417 g/mol. The average Bonchev–Trinajstić information content (AvgIpc) is 3.32. The van der Waals surface area contributed by atoms with Gasteiger partial charge >= 0.3 is 5.97 Å². The van der Waals surface area contributed by atoms with Crippen LogP contribution < -0.4 is 4.90 Å². The number of hydrogen-bond acceptors (Lipinski definition) is 7. The first-order valence-electron chi connectivity index (χ1n) is 9.22. The number of aliphatic hydroxyl groups is 1. The number of anilines is 1. The third-order valence-corrected chi connectivity index (χ3v) is 5.47. The molecular formula is C19H20ClN5O4. The van der Waals surface area contributed by atoms with Crippen LogP contribution in [0, 0.1) is 0 Å². The highest BCUT2D eigenvalue weighted by atomic mass is 35.5. The Morgan fingerprint density at radius 3 is 2.72 bits per heavy atom. The third kappa shape index (κ3) is 3.58. The summed E-state index contributed by atoms with van der Waals surface area (Å²) in [6, 6.07) is 6.75. The molecule has 29 heavy (non-hydrogen) atoms. The summed E-state index contributed by atoms with van der Waals surface area (Å²) in [7, 11) is 1.82. The number of aromatic carboxylic acids is 1. The van der Waals surface area contributed by atoms with E-state index in [1.807, 2.05) is 11.9 Å². The molecule has 1 aliphatic heterocycles. The molecule has 1 aliphatic rings. The van der Waals surface area contributed by atoms with Crippen molar-refractivity contribution in [3.05, 3.63) is 46.5 Å². The number of carboxylic acids is 1. The quantitative estimate of drug-likeness (QED) is 0.650. The molecule has 2 aromatic heterocycles. The van der Waals surface area contributed by atoms with Gasteiger partial charge in [-0.3, -0.25) is 0 Å². The predicted octanol–water partition coefficient (Wildman–Crippen LogP) is 2.70. The summed E-state index contributed by atoms with van der Waals surface area (Å²) in [4.78, 5) is 13.9. The summed E-state index contributed by atoms with van der Waals surface area (Å²) in [5.41, 5.74) is 0.627. The molecule has 152 valence electrons. The highest BCUT2D eigenvalue weighted by molar-refractivity contribution is 6.30. The van der Waals surface area contributed by atoms with E-state index in [9.17, 15) is 15.0 Å². The molecule has 2 N–H and O–H groups in total. The summed E-state index contributed by atoms with van der Waals surface area (Å²) in [6.45, 7) is 1.01. The smallest absolute Gasteiger partial charge is 0.343 e. The second-order valence-corrected chi connectivity index (χ2v) is 7.44. The Labute approximate surface area is 171 Å². The van der Waals surface area contributed by atoms with Crippen LogP contribution in [0.25, 0.3) is 11.3 Å². The van der Waals surface area contributed by atoms with E-state index in [-0.39, 0.29) is 23.8 Å². The molecule has 0 bridgehead atoms. The van der Waals surface area contributed by atoms with E-state index < -0.39 is 5.97 Å². The van der Waals surface area contributed by atoms with Gasteiger partial charge in [0.15, 0.2) is 23.0 Å². The van der Waals surface area contributed by atoms with Crippen molar-refractivity contribution < 1.29 is 19.5 Å². The van der Waals surface area contributed by atoms with Crippen LogP contribution in [0.2, 0.25) is 5.02 Å². The summed E-state index contributed by atoms with van der Waals surface area (Å²) in [5, 5.41) is 32.1. The molecule has 1 saturated heterocycles. The topological polar surface area (TPSA) is 118 Å². The minimum absolute atomic E-state index is 0.0296. The van der Waals surface area contributed by atoms with Gasteiger partial charge in [-0.25, -0.2) is 4.79 Å². The van der Waals surface area contributed by atoms with Crippen molar-refractivity contribution in [2.24, 2.45) is 7.05 Å². The first-order chi connectivity index (χ1) is 14.0. The Balaban J connectivity index is 1.66. The van der Waals surface area contributed by atoms with Crippen LogP contribution in [0.5, 0.6) is 0 Å². The third-order valence-electron chi connectivity index (χ3n) is 5.22.